The monoisotopic (exact) mass is 349 g/mol. The van der Waals surface area contributed by atoms with E-state index in [0.29, 0.717) is 6.54 Å². The number of hydrogen-bond acceptors (Lipinski definition) is 3. The maximum Gasteiger partial charge on any atom is 0.119 e. The van der Waals surface area contributed by atoms with Gasteiger partial charge >= 0.3 is 0 Å². The maximum atomic E-state index is 9.99. The lowest BCUT2D eigenvalue weighted by Crippen LogP contribution is -2.26. The van der Waals surface area contributed by atoms with Crippen molar-refractivity contribution in [3.8, 4) is 5.75 Å². The van der Waals surface area contributed by atoms with Crippen molar-refractivity contribution in [3.05, 3.63) is 58.1 Å². The van der Waals surface area contributed by atoms with E-state index in [9.17, 15) is 5.11 Å². The zero-order valence-corrected chi connectivity index (χ0v) is 13.9. The molecule has 2 aromatic carbocycles. The van der Waals surface area contributed by atoms with Gasteiger partial charge in [0.2, 0.25) is 0 Å². The first-order valence-corrected chi connectivity index (χ1v) is 7.71. The summed E-state index contributed by atoms with van der Waals surface area (Å²) in [7, 11) is 0. The van der Waals surface area contributed by atoms with Crippen LogP contribution in [0, 0.1) is 13.8 Å². The number of aliphatic hydroxyl groups is 1. The Kier molecular flexibility index (Phi) is 5.65. The molecular weight excluding hydrogens is 330 g/mol. The Morgan fingerprint density at radius 1 is 1.19 bits per heavy atom. The van der Waals surface area contributed by atoms with Crippen molar-refractivity contribution in [1.82, 2.24) is 0 Å². The van der Waals surface area contributed by atoms with Gasteiger partial charge in [0.25, 0.3) is 0 Å². The topological polar surface area (TPSA) is 41.5 Å². The molecule has 0 radical (unpaired) electrons. The number of aliphatic hydroxyl groups excluding tert-OH is 1. The predicted octanol–water partition coefficient (Wildman–Crippen LogP) is 3.92. The second kappa shape index (κ2) is 7.48. The average Bonchev–Trinajstić information content (AvgIpc) is 2.44. The maximum absolute atomic E-state index is 9.99. The minimum atomic E-state index is -0.562. The lowest BCUT2D eigenvalue weighted by molar-refractivity contribution is 0.117. The standard InChI is InChI=1S/C17H20BrNO2/c1-12-4-3-5-16(8-12)21-11-15(20)10-19-17-7-6-14(18)9-13(17)2/h3-9,15,19-20H,10-11H2,1-2H3. The molecule has 2 rings (SSSR count). The van der Waals surface area contributed by atoms with E-state index in [1.807, 2.05) is 56.3 Å². The summed E-state index contributed by atoms with van der Waals surface area (Å²) < 4.78 is 6.64. The summed E-state index contributed by atoms with van der Waals surface area (Å²) in [6, 6.07) is 13.8. The quantitative estimate of drug-likeness (QED) is 0.830. The molecule has 0 aliphatic carbocycles. The van der Waals surface area contributed by atoms with Crippen molar-refractivity contribution in [2.24, 2.45) is 0 Å². The van der Waals surface area contributed by atoms with Gasteiger partial charge in [-0.3, -0.25) is 0 Å². The van der Waals surface area contributed by atoms with Crippen LogP contribution in [0.4, 0.5) is 5.69 Å². The van der Waals surface area contributed by atoms with Crippen LogP contribution in [0.1, 0.15) is 11.1 Å². The molecule has 0 aromatic heterocycles. The van der Waals surface area contributed by atoms with Crippen LogP contribution in [0.2, 0.25) is 0 Å². The summed E-state index contributed by atoms with van der Waals surface area (Å²) in [6.45, 7) is 4.77. The molecule has 112 valence electrons. The summed E-state index contributed by atoms with van der Waals surface area (Å²) >= 11 is 3.44. The van der Waals surface area contributed by atoms with Gasteiger partial charge < -0.3 is 15.2 Å². The molecule has 1 unspecified atom stereocenters. The molecule has 2 N–H and O–H groups in total. The largest absolute Gasteiger partial charge is 0.491 e. The van der Waals surface area contributed by atoms with Crippen molar-refractivity contribution in [3.63, 3.8) is 0 Å². The second-order valence-corrected chi connectivity index (χ2v) is 6.04. The van der Waals surface area contributed by atoms with Gasteiger partial charge in [-0.25, -0.2) is 0 Å². The first-order chi connectivity index (χ1) is 10.0. The minimum Gasteiger partial charge on any atom is -0.491 e. The molecule has 0 bridgehead atoms. The second-order valence-electron chi connectivity index (χ2n) is 5.12. The fourth-order valence-electron chi connectivity index (χ4n) is 2.01. The molecule has 0 spiro atoms. The van der Waals surface area contributed by atoms with Crippen LogP contribution in [0.15, 0.2) is 46.9 Å². The highest BCUT2D eigenvalue weighted by atomic mass is 79.9. The van der Waals surface area contributed by atoms with E-state index in [1.165, 1.54) is 0 Å². The van der Waals surface area contributed by atoms with Gasteiger partial charge in [-0.2, -0.15) is 0 Å². The highest BCUT2D eigenvalue weighted by Crippen LogP contribution is 2.20. The molecule has 0 saturated carbocycles. The molecule has 2 aromatic rings. The smallest absolute Gasteiger partial charge is 0.119 e. The van der Waals surface area contributed by atoms with E-state index in [0.717, 1.165) is 27.0 Å². The Morgan fingerprint density at radius 3 is 2.71 bits per heavy atom. The Bertz CT molecular complexity index is 601. The number of hydrogen-bond donors (Lipinski definition) is 2. The molecular formula is C17H20BrNO2. The van der Waals surface area contributed by atoms with Crippen molar-refractivity contribution in [1.29, 1.82) is 0 Å². The molecule has 3 nitrogen and oxygen atoms in total. The fourth-order valence-corrected chi connectivity index (χ4v) is 2.49. The van der Waals surface area contributed by atoms with E-state index in [2.05, 4.69) is 21.2 Å². The lowest BCUT2D eigenvalue weighted by Gasteiger charge is -2.15. The molecule has 1 atom stereocenters. The van der Waals surface area contributed by atoms with Crippen LogP contribution in [-0.4, -0.2) is 24.4 Å². The lowest BCUT2D eigenvalue weighted by atomic mass is 10.2. The minimum absolute atomic E-state index is 0.270. The first-order valence-electron chi connectivity index (χ1n) is 6.92. The first kappa shape index (κ1) is 15.9. The Morgan fingerprint density at radius 2 is 2.00 bits per heavy atom. The van der Waals surface area contributed by atoms with Gasteiger partial charge in [0, 0.05) is 16.7 Å². The fraction of sp³-hybridized carbons (Fsp3) is 0.294. The van der Waals surface area contributed by atoms with E-state index < -0.39 is 6.10 Å². The van der Waals surface area contributed by atoms with Crippen LogP contribution >= 0.6 is 15.9 Å². The zero-order chi connectivity index (χ0) is 15.2. The number of benzene rings is 2. The Hall–Kier alpha value is -1.52. The molecule has 0 fully saturated rings. The van der Waals surface area contributed by atoms with E-state index in [-0.39, 0.29) is 6.61 Å². The Labute approximate surface area is 134 Å². The molecule has 4 heteroatoms. The highest BCUT2D eigenvalue weighted by Gasteiger charge is 2.06. The van der Waals surface area contributed by atoms with Gasteiger partial charge in [-0.05, 0) is 55.3 Å². The predicted molar refractivity (Wildman–Crippen MR) is 90.0 cm³/mol. The van der Waals surface area contributed by atoms with Crippen LogP contribution in [0.3, 0.4) is 0 Å². The number of rotatable bonds is 6. The SMILES string of the molecule is Cc1cccc(OCC(O)CNc2ccc(Br)cc2C)c1. The van der Waals surface area contributed by atoms with Crippen molar-refractivity contribution >= 4 is 21.6 Å². The summed E-state index contributed by atoms with van der Waals surface area (Å²) in [6.07, 6.45) is -0.562. The highest BCUT2D eigenvalue weighted by molar-refractivity contribution is 9.10. The number of nitrogens with one attached hydrogen (secondary N) is 1. The van der Waals surface area contributed by atoms with Gasteiger partial charge in [0.1, 0.15) is 18.5 Å². The number of ether oxygens (including phenoxy) is 1. The van der Waals surface area contributed by atoms with E-state index >= 15 is 0 Å². The average molecular weight is 350 g/mol. The number of aryl methyl sites for hydroxylation is 2. The van der Waals surface area contributed by atoms with Crippen molar-refractivity contribution in [2.75, 3.05) is 18.5 Å². The van der Waals surface area contributed by atoms with Gasteiger partial charge in [-0.1, -0.05) is 28.1 Å². The van der Waals surface area contributed by atoms with E-state index in [4.69, 9.17) is 4.74 Å². The molecule has 0 heterocycles. The van der Waals surface area contributed by atoms with Gasteiger partial charge in [-0.15, -0.1) is 0 Å². The van der Waals surface area contributed by atoms with Gasteiger partial charge in [0.15, 0.2) is 0 Å². The van der Waals surface area contributed by atoms with Crippen LogP contribution in [0.25, 0.3) is 0 Å². The number of halogens is 1. The molecule has 0 aliphatic heterocycles. The molecule has 0 saturated heterocycles. The molecule has 0 aliphatic rings. The molecule has 0 amide bonds. The third kappa shape index (κ3) is 5.06. The molecule has 21 heavy (non-hydrogen) atoms. The summed E-state index contributed by atoms with van der Waals surface area (Å²) in [5.41, 5.74) is 3.30. The third-order valence-corrected chi connectivity index (χ3v) is 3.64. The van der Waals surface area contributed by atoms with Crippen LogP contribution < -0.4 is 10.1 Å². The normalized spacial score (nSPS) is 12.0. The van der Waals surface area contributed by atoms with Crippen molar-refractivity contribution in [2.45, 2.75) is 20.0 Å². The van der Waals surface area contributed by atoms with Gasteiger partial charge in [0.05, 0.1) is 0 Å². The van der Waals surface area contributed by atoms with E-state index in [1.54, 1.807) is 0 Å². The third-order valence-electron chi connectivity index (χ3n) is 3.15. The number of anilines is 1. The van der Waals surface area contributed by atoms with Crippen LogP contribution in [0.5, 0.6) is 5.75 Å². The summed E-state index contributed by atoms with van der Waals surface area (Å²) in [5.74, 6) is 0.786. The Balaban J connectivity index is 1.80. The van der Waals surface area contributed by atoms with Crippen molar-refractivity contribution < 1.29 is 9.84 Å². The van der Waals surface area contributed by atoms with Crippen LogP contribution in [-0.2, 0) is 0 Å². The summed E-state index contributed by atoms with van der Waals surface area (Å²) in [5, 5.41) is 13.2. The summed E-state index contributed by atoms with van der Waals surface area (Å²) in [4.78, 5) is 0. The zero-order valence-electron chi connectivity index (χ0n) is 12.3.